The standard InChI is InChI=1S/C23H27N2O13P/c1-22(29)19(25-8-7-17(26)24-20(25)27)38-18-16(23(18,22)30)12-35-39(31,34-9-14-5-3-2-4-6-14)36-13-33-21(28)37-15-10-32-11-15/h2-8,15-16,18-19,29-30H,9-13H2,1H3,(H,24,26,27)/t16?,18-,19-,22+,23-,39?/m1/s1. The van der Waals surface area contributed by atoms with Crippen molar-refractivity contribution < 1.29 is 52.1 Å². The number of nitrogens with one attached hydrogen (secondary N) is 1. The summed E-state index contributed by atoms with van der Waals surface area (Å²) in [6.45, 7) is 0.317. The summed E-state index contributed by atoms with van der Waals surface area (Å²) in [5.41, 5.74) is -4.70. The van der Waals surface area contributed by atoms with Gasteiger partial charge in [0.15, 0.2) is 12.3 Å². The number of carbonyl (C=O) groups excluding carboxylic acids is 1. The molecule has 6 atom stereocenters. The molecule has 0 spiro atoms. The number of aromatic nitrogens is 2. The minimum atomic E-state index is -4.38. The van der Waals surface area contributed by atoms with E-state index in [1.165, 1.54) is 6.92 Å². The normalized spacial score (nSPS) is 31.1. The summed E-state index contributed by atoms with van der Waals surface area (Å²) in [6.07, 6.45) is -2.67. The molecule has 3 heterocycles. The Hall–Kier alpha value is -2.88. The fourth-order valence-corrected chi connectivity index (χ4v) is 5.56. The summed E-state index contributed by atoms with van der Waals surface area (Å²) in [7, 11) is -4.38. The predicted octanol–water partition coefficient (Wildman–Crippen LogP) is 0.414. The second kappa shape index (κ2) is 10.6. The Bertz CT molecular complexity index is 1360. The molecule has 2 saturated heterocycles. The highest BCUT2D eigenvalue weighted by Crippen LogP contribution is 2.64. The lowest BCUT2D eigenvalue weighted by Gasteiger charge is -2.33. The molecule has 2 aliphatic heterocycles. The molecule has 3 fully saturated rings. The Labute approximate surface area is 220 Å². The van der Waals surface area contributed by atoms with Crippen LogP contribution in [0.4, 0.5) is 4.79 Å². The quantitative estimate of drug-likeness (QED) is 0.191. The van der Waals surface area contributed by atoms with E-state index in [-0.39, 0.29) is 19.8 Å². The van der Waals surface area contributed by atoms with Crippen molar-refractivity contribution in [3.8, 4) is 0 Å². The molecule has 212 valence electrons. The van der Waals surface area contributed by atoms with Gasteiger partial charge in [-0.1, -0.05) is 30.3 Å². The summed E-state index contributed by atoms with van der Waals surface area (Å²) in [4.78, 5) is 37.4. The Morgan fingerprint density at radius 2 is 1.90 bits per heavy atom. The molecule has 2 aromatic rings. The second-order valence-corrected chi connectivity index (χ2v) is 11.1. The second-order valence-electron chi connectivity index (χ2n) is 9.43. The van der Waals surface area contributed by atoms with Gasteiger partial charge in [0.05, 0.1) is 26.4 Å². The Morgan fingerprint density at radius 1 is 1.15 bits per heavy atom. The molecule has 0 amide bonds. The molecule has 16 heteroatoms. The van der Waals surface area contributed by atoms with Crippen LogP contribution in [0.15, 0.2) is 52.2 Å². The van der Waals surface area contributed by atoms with E-state index in [1.54, 1.807) is 30.3 Å². The van der Waals surface area contributed by atoms with Gasteiger partial charge < -0.3 is 29.2 Å². The SMILES string of the molecule is C[C@]1(O)[C@H](n2ccc(=O)[nH]c2=O)O[C@@H]2C(COP(=O)(OCOC(=O)OC3COC3)OCc3ccccc3)[C@@]21O. The topological polar surface area (TPSA) is 194 Å². The van der Waals surface area contributed by atoms with Gasteiger partial charge in [-0.3, -0.25) is 23.4 Å². The van der Waals surface area contributed by atoms with Crippen LogP contribution < -0.4 is 11.2 Å². The molecule has 3 N–H and O–H groups in total. The van der Waals surface area contributed by atoms with E-state index in [2.05, 4.69) is 4.98 Å². The summed E-state index contributed by atoms with van der Waals surface area (Å²) in [5, 5.41) is 22.3. The maximum Gasteiger partial charge on any atom is 0.510 e. The zero-order valence-corrected chi connectivity index (χ0v) is 21.6. The minimum Gasteiger partial charge on any atom is -0.426 e. The van der Waals surface area contributed by atoms with E-state index < -0.39 is 74.2 Å². The Balaban J connectivity index is 1.22. The number of ether oxygens (including phenoxy) is 4. The van der Waals surface area contributed by atoms with Crippen LogP contribution in [0.2, 0.25) is 0 Å². The molecule has 39 heavy (non-hydrogen) atoms. The highest BCUT2D eigenvalue weighted by Gasteiger charge is 2.81. The number of phosphoric ester groups is 1. The van der Waals surface area contributed by atoms with Gasteiger partial charge in [-0.05, 0) is 12.5 Å². The summed E-state index contributed by atoms with van der Waals surface area (Å²) in [6, 6.07) is 9.80. The van der Waals surface area contributed by atoms with E-state index in [0.29, 0.717) is 5.56 Å². The number of rotatable bonds is 11. The molecule has 15 nitrogen and oxygen atoms in total. The largest absolute Gasteiger partial charge is 0.510 e. The molecule has 1 aromatic heterocycles. The van der Waals surface area contributed by atoms with E-state index >= 15 is 0 Å². The molecule has 1 aliphatic carbocycles. The first-order valence-electron chi connectivity index (χ1n) is 11.9. The number of hydrogen-bond donors (Lipinski definition) is 3. The van der Waals surface area contributed by atoms with Crippen molar-refractivity contribution in [1.82, 2.24) is 9.55 Å². The van der Waals surface area contributed by atoms with Crippen molar-refractivity contribution in [2.24, 2.45) is 5.92 Å². The van der Waals surface area contributed by atoms with Crippen molar-refractivity contribution in [3.63, 3.8) is 0 Å². The van der Waals surface area contributed by atoms with Gasteiger partial charge in [-0.25, -0.2) is 18.7 Å². The van der Waals surface area contributed by atoms with Crippen LogP contribution in [0.3, 0.4) is 0 Å². The zero-order chi connectivity index (χ0) is 27.8. The number of benzene rings is 1. The highest BCUT2D eigenvalue weighted by atomic mass is 31.2. The smallest absolute Gasteiger partial charge is 0.426 e. The molecular formula is C23H27N2O13P. The fourth-order valence-electron chi connectivity index (χ4n) is 4.51. The molecular weight excluding hydrogens is 543 g/mol. The van der Waals surface area contributed by atoms with Crippen LogP contribution in [0.1, 0.15) is 18.7 Å². The first-order valence-corrected chi connectivity index (χ1v) is 13.4. The van der Waals surface area contributed by atoms with E-state index in [0.717, 1.165) is 16.8 Å². The average molecular weight is 570 g/mol. The number of carbonyl (C=O) groups is 1. The van der Waals surface area contributed by atoms with Crippen molar-refractivity contribution in [2.45, 2.75) is 43.2 Å². The van der Waals surface area contributed by atoms with E-state index in [4.69, 9.17) is 32.5 Å². The monoisotopic (exact) mass is 570 g/mol. The number of aromatic amines is 1. The summed E-state index contributed by atoms with van der Waals surface area (Å²) < 4.78 is 50.6. The van der Waals surface area contributed by atoms with Gasteiger partial charge in [0.2, 0.25) is 6.79 Å². The summed E-state index contributed by atoms with van der Waals surface area (Å²) >= 11 is 0. The molecule has 2 unspecified atom stereocenters. The number of phosphoric acid groups is 1. The maximum absolute atomic E-state index is 13.4. The lowest BCUT2D eigenvalue weighted by Crippen LogP contribution is -2.50. The van der Waals surface area contributed by atoms with Crippen molar-refractivity contribution >= 4 is 14.0 Å². The van der Waals surface area contributed by atoms with Gasteiger partial charge >= 0.3 is 19.7 Å². The lowest BCUT2D eigenvalue weighted by atomic mass is 9.93. The van der Waals surface area contributed by atoms with Gasteiger partial charge in [0.1, 0.15) is 17.3 Å². The third-order valence-corrected chi connectivity index (χ3v) is 8.16. The number of aliphatic hydroxyl groups is 2. The van der Waals surface area contributed by atoms with Crippen LogP contribution in [-0.4, -0.2) is 75.9 Å². The van der Waals surface area contributed by atoms with Crippen molar-refractivity contribution in [3.05, 3.63) is 69.0 Å². The van der Waals surface area contributed by atoms with Gasteiger partial charge in [0.25, 0.3) is 5.56 Å². The molecule has 0 radical (unpaired) electrons. The van der Waals surface area contributed by atoms with Gasteiger partial charge in [-0.15, -0.1) is 0 Å². The third-order valence-electron chi connectivity index (χ3n) is 6.83. The van der Waals surface area contributed by atoms with Crippen LogP contribution in [0.25, 0.3) is 0 Å². The number of fused-ring (bicyclic) bond motifs is 1. The molecule has 3 aliphatic rings. The number of H-pyrrole nitrogens is 1. The number of nitrogens with zero attached hydrogens (tertiary/aromatic N) is 1. The van der Waals surface area contributed by atoms with Gasteiger partial charge in [0, 0.05) is 18.2 Å². The lowest BCUT2D eigenvalue weighted by molar-refractivity contribution is -0.152. The minimum absolute atomic E-state index is 0.175. The molecule has 5 rings (SSSR count). The first kappa shape index (κ1) is 27.7. The highest BCUT2D eigenvalue weighted by molar-refractivity contribution is 7.48. The maximum atomic E-state index is 13.4. The van der Waals surface area contributed by atoms with Gasteiger partial charge in [-0.2, -0.15) is 0 Å². The van der Waals surface area contributed by atoms with E-state index in [1.807, 2.05) is 0 Å². The Kier molecular flexibility index (Phi) is 7.52. The predicted molar refractivity (Wildman–Crippen MR) is 127 cm³/mol. The van der Waals surface area contributed by atoms with Crippen LogP contribution in [0, 0.1) is 5.92 Å². The van der Waals surface area contributed by atoms with Crippen molar-refractivity contribution in [1.29, 1.82) is 0 Å². The van der Waals surface area contributed by atoms with E-state index in [9.17, 15) is 29.2 Å². The van der Waals surface area contributed by atoms with Crippen LogP contribution in [0.5, 0.6) is 0 Å². The van der Waals surface area contributed by atoms with Crippen LogP contribution in [-0.2, 0) is 43.7 Å². The summed E-state index contributed by atoms with van der Waals surface area (Å²) in [5.74, 6) is -0.885. The first-order chi connectivity index (χ1) is 18.5. The molecule has 1 saturated carbocycles. The zero-order valence-electron chi connectivity index (χ0n) is 20.7. The molecule has 1 aromatic carbocycles. The van der Waals surface area contributed by atoms with Crippen molar-refractivity contribution in [2.75, 3.05) is 26.6 Å². The third kappa shape index (κ3) is 5.44. The Morgan fingerprint density at radius 3 is 2.51 bits per heavy atom. The number of hydrogen-bond acceptors (Lipinski definition) is 13. The average Bonchev–Trinajstić information content (AvgIpc) is 3.40. The molecule has 0 bridgehead atoms. The fraction of sp³-hybridized carbons (Fsp3) is 0.522. The van der Waals surface area contributed by atoms with Crippen LogP contribution >= 0.6 is 7.82 Å².